The van der Waals surface area contributed by atoms with E-state index in [0.29, 0.717) is 0 Å². The van der Waals surface area contributed by atoms with Crippen molar-refractivity contribution in [3.8, 4) is 0 Å². The summed E-state index contributed by atoms with van der Waals surface area (Å²) in [6, 6.07) is 12.1. The monoisotopic (exact) mass is 262 g/mol. The molecule has 0 saturated carbocycles. The van der Waals surface area contributed by atoms with Gasteiger partial charge >= 0.3 is 0 Å². The Balaban J connectivity index is 2.22. The standard InChI is InChI=1S/C12H11BrN2/c1-9-4-6-10(7-5-9)15-12-11(13)3-2-8-14-12/h2-8H,1H3,(H,14,15). The number of hydrogen-bond donors (Lipinski definition) is 1. The summed E-state index contributed by atoms with van der Waals surface area (Å²) < 4.78 is 0.963. The quantitative estimate of drug-likeness (QED) is 0.888. The number of hydrogen-bond acceptors (Lipinski definition) is 2. The average Bonchev–Trinajstić information content (AvgIpc) is 2.25. The number of anilines is 2. The first-order valence-electron chi connectivity index (χ1n) is 4.70. The molecule has 1 heterocycles. The molecule has 2 nitrogen and oxygen atoms in total. The minimum Gasteiger partial charge on any atom is -0.339 e. The molecule has 0 saturated heterocycles. The molecule has 2 aromatic rings. The van der Waals surface area contributed by atoms with Crippen LogP contribution in [0.25, 0.3) is 0 Å². The highest BCUT2D eigenvalue weighted by Gasteiger charge is 1.99. The molecule has 0 fully saturated rings. The van der Waals surface area contributed by atoms with Gasteiger partial charge in [0, 0.05) is 11.9 Å². The maximum absolute atomic E-state index is 4.24. The second-order valence-corrected chi connectivity index (χ2v) is 4.18. The Bertz CT molecular complexity index is 451. The summed E-state index contributed by atoms with van der Waals surface area (Å²) >= 11 is 3.44. The topological polar surface area (TPSA) is 24.9 Å². The van der Waals surface area contributed by atoms with Crippen molar-refractivity contribution in [2.45, 2.75) is 6.92 Å². The van der Waals surface area contributed by atoms with Crippen LogP contribution in [0.4, 0.5) is 11.5 Å². The molecule has 0 aliphatic rings. The van der Waals surface area contributed by atoms with Crippen LogP contribution in [-0.2, 0) is 0 Å². The molecular weight excluding hydrogens is 252 g/mol. The fourth-order valence-electron chi connectivity index (χ4n) is 1.25. The first-order chi connectivity index (χ1) is 7.25. The van der Waals surface area contributed by atoms with Crippen LogP contribution in [0.3, 0.4) is 0 Å². The predicted octanol–water partition coefficient (Wildman–Crippen LogP) is 3.90. The predicted molar refractivity (Wildman–Crippen MR) is 66.4 cm³/mol. The fraction of sp³-hybridized carbons (Fsp3) is 0.0833. The number of benzene rings is 1. The van der Waals surface area contributed by atoms with Gasteiger partial charge in [0.05, 0.1) is 4.47 Å². The minimum absolute atomic E-state index is 0.835. The van der Waals surface area contributed by atoms with E-state index in [2.05, 4.69) is 45.3 Å². The molecule has 15 heavy (non-hydrogen) atoms. The number of rotatable bonds is 2. The Morgan fingerprint density at radius 1 is 1.13 bits per heavy atom. The Morgan fingerprint density at radius 2 is 1.87 bits per heavy atom. The Labute approximate surface area is 97.5 Å². The van der Waals surface area contributed by atoms with Crippen LogP contribution in [0, 0.1) is 6.92 Å². The van der Waals surface area contributed by atoms with Crippen LogP contribution in [0.15, 0.2) is 47.1 Å². The second kappa shape index (κ2) is 4.45. The molecule has 0 radical (unpaired) electrons. The first kappa shape index (κ1) is 10.2. The van der Waals surface area contributed by atoms with Gasteiger partial charge in [0.25, 0.3) is 0 Å². The highest BCUT2D eigenvalue weighted by molar-refractivity contribution is 9.10. The van der Waals surface area contributed by atoms with Crippen LogP contribution in [0.5, 0.6) is 0 Å². The highest BCUT2D eigenvalue weighted by Crippen LogP contribution is 2.22. The van der Waals surface area contributed by atoms with Gasteiger partial charge in [0.15, 0.2) is 0 Å². The Morgan fingerprint density at radius 3 is 2.53 bits per heavy atom. The van der Waals surface area contributed by atoms with Crippen molar-refractivity contribution < 1.29 is 0 Å². The summed E-state index contributed by atoms with van der Waals surface area (Å²) in [6.45, 7) is 2.07. The third kappa shape index (κ3) is 2.57. The zero-order valence-corrected chi connectivity index (χ0v) is 9.95. The molecule has 1 aromatic heterocycles. The summed E-state index contributed by atoms with van der Waals surface area (Å²) in [6.07, 6.45) is 1.77. The van der Waals surface area contributed by atoms with Gasteiger partial charge in [0.2, 0.25) is 0 Å². The van der Waals surface area contributed by atoms with Gasteiger partial charge in [-0.15, -0.1) is 0 Å². The van der Waals surface area contributed by atoms with Crippen LogP contribution in [0.1, 0.15) is 5.56 Å². The van der Waals surface area contributed by atoms with Crippen molar-refractivity contribution in [1.29, 1.82) is 0 Å². The summed E-state index contributed by atoms with van der Waals surface area (Å²) in [7, 11) is 0. The van der Waals surface area contributed by atoms with E-state index in [1.807, 2.05) is 24.3 Å². The summed E-state index contributed by atoms with van der Waals surface area (Å²) in [4.78, 5) is 4.24. The van der Waals surface area contributed by atoms with Gasteiger partial charge in [-0.05, 0) is 47.1 Å². The Hall–Kier alpha value is -1.35. The zero-order chi connectivity index (χ0) is 10.7. The van der Waals surface area contributed by atoms with Crippen molar-refractivity contribution in [3.05, 3.63) is 52.6 Å². The van der Waals surface area contributed by atoms with E-state index in [4.69, 9.17) is 0 Å². The molecule has 0 unspecified atom stereocenters. The lowest BCUT2D eigenvalue weighted by Gasteiger charge is -2.06. The van der Waals surface area contributed by atoms with Crippen molar-refractivity contribution in [3.63, 3.8) is 0 Å². The minimum atomic E-state index is 0.835. The highest BCUT2D eigenvalue weighted by atomic mass is 79.9. The molecule has 0 aliphatic heterocycles. The van der Waals surface area contributed by atoms with Crippen LogP contribution in [-0.4, -0.2) is 4.98 Å². The van der Waals surface area contributed by atoms with Gasteiger partial charge in [0.1, 0.15) is 5.82 Å². The molecule has 0 amide bonds. The first-order valence-corrected chi connectivity index (χ1v) is 5.49. The summed E-state index contributed by atoms with van der Waals surface area (Å²) in [5.41, 5.74) is 2.29. The maximum atomic E-state index is 4.24. The lowest BCUT2D eigenvalue weighted by Crippen LogP contribution is -1.93. The van der Waals surface area contributed by atoms with Crippen LogP contribution >= 0.6 is 15.9 Å². The van der Waals surface area contributed by atoms with E-state index in [-0.39, 0.29) is 0 Å². The molecule has 0 spiro atoms. The van der Waals surface area contributed by atoms with E-state index in [1.54, 1.807) is 6.20 Å². The number of nitrogens with one attached hydrogen (secondary N) is 1. The zero-order valence-electron chi connectivity index (χ0n) is 8.37. The van der Waals surface area contributed by atoms with Crippen molar-refractivity contribution in [2.24, 2.45) is 0 Å². The van der Waals surface area contributed by atoms with E-state index in [0.717, 1.165) is 16.0 Å². The molecule has 0 atom stereocenters. The van der Waals surface area contributed by atoms with E-state index >= 15 is 0 Å². The maximum Gasteiger partial charge on any atom is 0.144 e. The lowest BCUT2D eigenvalue weighted by atomic mass is 10.2. The van der Waals surface area contributed by atoms with Crippen LogP contribution < -0.4 is 5.32 Å². The molecule has 0 bridgehead atoms. The smallest absolute Gasteiger partial charge is 0.144 e. The van der Waals surface area contributed by atoms with Gasteiger partial charge in [-0.1, -0.05) is 17.7 Å². The SMILES string of the molecule is Cc1ccc(Nc2ncccc2Br)cc1. The molecule has 2 rings (SSSR count). The fourth-order valence-corrected chi connectivity index (χ4v) is 1.61. The van der Waals surface area contributed by atoms with E-state index in [1.165, 1.54) is 5.56 Å². The third-order valence-electron chi connectivity index (χ3n) is 2.07. The largest absolute Gasteiger partial charge is 0.339 e. The number of aromatic nitrogens is 1. The van der Waals surface area contributed by atoms with Crippen molar-refractivity contribution >= 4 is 27.4 Å². The molecule has 1 N–H and O–H groups in total. The van der Waals surface area contributed by atoms with Gasteiger partial charge in [-0.25, -0.2) is 4.98 Å². The van der Waals surface area contributed by atoms with E-state index < -0.39 is 0 Å². The van der Waals surface area contributed by atoms with E-state index in [9.17, 15) is 0 Å². The number of halogens is 1. The Kier molecular flexibility index (Phi) is 3.02. The summed E-state index contributed by atoms with van der Waals surface area (Å²) in [5.74, 6) is 0.835. The van der Waals surface area contributed by atoms with Crippen LogP contribution in [0.2, 0.25) is 0 Å². The third-order valence-corrected chi connectivity index (χ3v) is 2.71. The van der Waals surface area contributed by atoms with Gasteiger partial charge < -0.3 is 5.32 Å². The number of nitrogens with zero attached hydrogens (tertiary/aromatic N) is 1. The normalized spacial score (nSPS) is 10.0. The average molecular weight is 263 g/mol. The number of pyridine rings is 1. The van der Waals surface area contributed by atoms with Gasteiger partial charge in [-0.2, -0.15) is 0 Å². The summed E-state index contributed by atoms with van der Waals surface area (Å²) in [5, 5.41) is 3.24. The van der Waals surface area contributed by atoms with Crippen molar-refractivity contribution in [2.75, 3.05) is 5.32 Å². The molecule has 76 valence electrons. The second-order valence-electron chi connectivity index (χ2n) is 3.32. The van der Waals surface area contributed by atoms with Gasteiger partial charge in [-0.3, -0.25) is 0 Å². The molecule has 0 aliphatic carbocycles. The lowest BCUT2D eigenvalue weighted by molar-refractivity contribution is 1.29. The number of aryl methyl sites for hydroxylation is 1. The van der Waals surface area contributed by atoms with Crippen molar-refractivity contribution in [1.82, 2.24) is 4.98 Å². The molecular formula is C12H11BrN2. The molecule has 3 heteroatoms. The molecule has 1 aromatic carbocycles.